The van der Waals surface area contributed by atoms with Crippen molar-refractivity contribution in [1.29, 1.82) is 0 Å². The zero-order valence-corrected chi connectivity index (χ0v) is 13.1. The molecule has 4 N–H and O–H groups in total. The van der Waals surface area contributed by atoms with Crippen molar-refractivity contribution in [3.63, 3.8) is 0 Å². The van der Waals surface area contributed by atoms with Gasteiger partial charge in [0.25, 0.3) is 0 Å². The third kappa shape index (κ3) is 4.25. The minimum atomic E-state index is 0.338. The van der Waals surface area contributed by atoms with E-state index in [2.05, 4.69) is 27.4 Å². The lowest BCUT2D eigenvalue weighted by molar-refractivity contribution is 0.415. The number of benzene rings is 1. The number of methoxy groups -OCH3 is 1. The van der Waals surface area contributed by atoms with Crippen LogP contribution in [-0.4, -0.2) is 30.8 Å². The predicted octanol–water partition coefficient (Wildman–Crippen LogP) is 2.60. The van der Waals surface area contributed by atoms with Crippen molar-refractivity contribution in [3.8, 4) is 5.75 Å². The van der Waals surface area contributed by atoms with Crippen LogP contribution >= 0.6 is 0 Å². The predicted molar refractivity (Wildman–Crippen MR) is 91.6 cm³/mol. The lowest BCUT2D eigenvalue weighted by Crippen LogP contribution is -2.27. The van der Waals surface area contributed by atoms with Gasteiger partial charge in [0.2, 0.25) is 5.96 Å². The summed E-state index contributed by atoms with van der Waals surface area (Å²) in [5, 5.41) is 5.17. The Morgan fingerprint density at radius 3 is 3.05 bits per heavy atom. The average molecular weight is 301 g/mol. The summed E-state index contributed by atoms with van der Waals surface area (Å²) in [7, 11) is 1.65. The van der Waals surface area contributed by atoms with Gasteiger partial charge in [0, 0.05) is 29.2 Å². The van der Waals surface area contributed by atoms with Crippen LogP contribution in [0.25, 0.3) is 10.9 Å². The molecule has 0 bridgehead atoms. The van der Waals surface area contributed by atoms with Crippen LogP contribution in [0, 0.1) is 0 Å². The first-order valence-electron chi connectivity index (χ1n) is 7.48. The van der Waals surface area contributed by atoms with Crippen molar-refractivity contribution in [3.05, 3.63) is 30.0 Å². The molecule has 0 unspecified atom stereocenters. The van der Waals surface area contributed by atoms with Crippen LogP contribution in [0.4, 0.5) is 0 Å². The number of hydrogen-bond acceptors (Lipinski definition) is 3. The molecule has 0 fully saturated rings. The van der Waals surface area contributed by atoms with E-state index in [4.69, 9.17) is 10.5 Å². The Bertz CT molecular complexity index is 660. The zero-order valence-electron chi connectivity index (χ0n) is 13.1. The van der Waals surface area contributed by atoms with Gasteiger partial charge in [-0.25, -0.2) is 5.43 Å². The molecule has 2 aromatic rings. The lowest BCUT2D eigenvalue weighted by Gasteiger charge is -2.00. The third-order valence-electron chi connectivity index (χ3n) is 3.35. The minimum Gasteiger partial charge on any atom is -0.497 e. The van der Waals surface area contributed by atoms with Gasteiger partial charge in [0.05, 0.1) is 13.3 Å². The lowest BCUT2D eigenvalue weighted by atomic mass is 10.2. The first-order valence-corrected chi connectivity index (χ1v) is 7.48. The quantitative estimate of drug-likeness (QED) is 0.318. The van der Waals surface area contributed by atoms with E-state index in [-0.39, 0.29) is 0 Å². The fourth-order valence-electron chi connectivity index (χ4n) is 2.12. The molecule has 0 amide bonds. The largest absolute Gasteiger partial charge is 0.497 e. The number of fused-ring (bicyclic) bond motifs is 1. The van der Waals surface area contributed by atoms with Crippen LogP contribution in [0.3, 0.4) is 0 Å². The zero-order chi connectivity index (χ0) is 15.8. The monoisotopic (exact) mass is 301 g/mol. The van der Waals surface area contributed by atoms with Crippen LogP contribution < -0.4 is 15.9 Å². The molecule has 2 rings (SSSR count). The number of guanidine groups is 1. The van der Waals surface area contributed by atoms with E-state index >= 15 is 0 Å². The molecule has 1 aromatic carbocycles. The van der Waals surface area contributed by atoms with Gasteiger partial charge in [-0.3, -0.25) is 4.99 Å². The van der Waals surface area contributed by atoms with Crippen LogP contribution in [-0.2, 0) is 0 Å². The van der Waals surface area contributed by atoms with E-state index in [9.17, 15) is 0 Å². The van der Waals surface area contributed by atoms with Gasteiger partial charge in [0.15, 0.2) is 0 Å². The Morgan fingerprint density at radius 2 is 2.27 bits per heavy atom. The summed E-state index contributed by atoms with van der Waals surface area (Å²) in [6, 6.07) is 5.86. The number of unbranched alkanes of at least 4 members (excludes halogenated alkanes) is 2. The number of aromatic nitrogens is 1. The highest BCUT2D eigenvalue weighted by Gasteiger charge is 2.03. The fraction of sp³-hybridized carbons (Fsp3) is 0.375. The summed E-state index contributed by atoms with van der Waals surface area (Å²) in [5.74, 6) is 1.15. The molecule has 0 atom stereocenters. The number of H-pyrrole nitrogens is 1. The Kier molecular flexibility index (Phi) is 5.82. The van der Waals surface area contributed by atoms with Gasteiger partial charge >= 0.3 is 0 Å². The first kappa shape index (κ1) is 15.9. The van der Waals surface area contributed by atoms with Crippen molar-refractivity contribution in [1.82, 2.24) is 10.4 Å². The third-order valence-corrected chi connectivity index (χ3v) is 3.35. The highest BCUT2D eigenvalue weighted by Crippen LogP contribution is 2.22. The molecule has 0 saturated carbocycles. The highest BCUT2D eigenvalue weighted by molar-refractivity contribution is 5.99. The van der Waals surface area contributed by atoms with Crippen molar-refractivity contribution >= 4 is 23.1 Å². The number of hydrazone groups is 1. The molecule has 0 aliphatic rings. The van der Waals surface area contributed by atoms with Crippen LogP contribution in [0.1, 0.15) is 31.7 Å². The number of rotatable bonds is 7. The number of ether oxygens (including phenoxy) is 1. The normalized spacial score (nSPS) is 12.2. The van der Waals surface area contributed by atoms with Gasteiger partial charge in [-0.2, -0.15) is 5.10 Å². The fourth-order valence-corrected chi connectivity index (χ4v) is 2.12. The molecule has 0 saturated heterocycles. The molecule has 118 valence electrons. The Morgan fingerprint density at radius 1 is 1.41 bits per heavy atom. The highest BCUT2D eigenvalue weighted by atomic mass is 16.5. The maximum absolute atomic E-state index is 5.75. The molecule has 1 aromatic heterocycles. The first-order chi connectivity index (χ1) is 10.7. The van der Waals surface area contributed by atoms with Crippen LogP contribution in [0.5, 0.6) is 5.75 Å². The van der Waals surface area contributed by atoms with E-state index in [0.29, 0.717) is 5.96 Å². The van der Waals surface area contributed by atoms with Gasteiger partial charge in [-0.15, -0.1) is 0 Å². The summed E-state index contributed by atoms with van der Waals surface area (Å²) in [5.41, 5.74) is 10.5. The number of nitrogens with zero attached hydrogens (tertiary/aromatic N) is 2. The summed E-state index contributed by atoms with van der Waals surface area (Å²) in [6.45, 7) is 2.89. The van der Waals surface area contributed by atoms with Crippen LogP contribution in [0.15, 0.2) is 34.5 Å². The maximum atomic E-state index is 5.75. The SMILES string of the molecule is CCCCCN=C(N)N/N=C\c1c[nH]c2ccc(OC)cc12. The van der Waals surface area contributed by atoms with E-state index in [1.807, 2.05) is 24.4 Å². The van der Waals surface area contributed by atoms with Gasteiger partial charge in [0.1, 0.15) is 5.75 Å². The summed E-state index contributed by atoms with van der Waals surface area (Å²) in [4.78, 5) is 7.40. The number of aromatic amines is 1. The summed E-state index contributed by atoms with van der Waals surface area (Å²) in [6.07, 6.45) is 6.99. The second-order valence-corrected chi connectivity index (χ2v) is 5.00. The molecule has 1 heterocycles. The Balaban J connectivity index is 1.98. The van der Waals surface area contributed by atoms with Crippen molar-refractivity contribution in [2.45, 2.75) is 26.2 Å². The minimum absolute atomic E-state index is 0.338. The number of nitrogens with two attached hydrogens (primary N) is 1. The standard InChI is InChI=1S/C16H23N5O/c1-3-4-5-8-18-16(17)21-20-11-12-10-19-15-7-6-13(22-2)9-14(12)15/h6-7,9-11,19H,3-5,8H2,1-2H3,(H3,17,18,21)/b20-11-. The van der Waals surface area contributed by atoms with Crippen molar-refractivity contribution < 1.29 is 4.74 Å². The smallest absolute Gasteiger partial charge is 0.209 e. The molecule has 6 nitrogen and oxygen atoms in total. The Hall–Kier alpha value is -2.50. The molecule has 0 aliphatic heterocycles. The van der Waals surface area contributed by atoms with Gasteiger partial charge in [-0.05, 0) is 24.6 Å². The van der Waals surface area contributed by atoms with E-state index in [0.717, 1.165) is 41.6 Å². The molecule has 0 radical (unpaired) electrons. The van der Waals surface area contributed by atoms with Gasteiger partial charge in [-0.1, -0.05) is 19.8 Å². The number of aliphatic imine (C=N–C) groups is 1. The molecule has 0 aliphatic carbocycles. The second kappa shape index (κ2) is 8.07. The average Bonchev–Trinajstić information content (AvgIpc) is 2.94. The number of hydrogen-bond donors (Lipinski definition) is 3. The molecule has 0 spiro atoms. The topological polar surface area (TPSA) is 87.8 Å². The summed E-state index contributed by atoms with van der Waals surface area (Å²) < 4.78 is 5.24. The van der Waals surface area contributed by atoms with Crippen LogP contribution in [0.2, 0.25) is 0 Å². The molecular formula is C16H23N5O. The van der Waals surface area contributed by atoms with Crippen molar-refractivity contribution in [2.24, 2.45) is 15.8 Å². The molecule has 22 heavy (non-hydrogen) atoms. The molecular weight excluding hydrogens is 278 g/mol. The van der Waals surface area contributed by atoms with Crippen molar-refractivity contribution in [2.75, 3.05) is 13.7 Å². The van der Waals surface area contributed by atoms with Gasteiger partial charge < -0.3 is 15.5 Å². The van der Waals surface area contributed by atoms with E-state index < -0.39 is 0 Å². The van der Waals surface area contributed by atoms with E-state index in [1.165, 1.54) is 6.42 Å². The second-order valence-electron chi connectivity index (χ2n) is 5.00. The number of nitrogens with one attached hydrogen (secondary N) is 2. The molecule has 6 heteroatoms. The van der Waals surface area contributed by atoms with E-state index in [1.54, 1.807) is 13.3 Å². The Labute approximate surface area is 130 Å². The summed E-state index contributed by atoms with van der Waals surface area (Å²) >= 11 is 0. The maximum Gasteiger partial charge on any atom is 0.209 e.